The van der Waals surface area contributed by atoms with Crippen molar-refractivity contribution in [3.8, 4) is 0 Å². The lowest BCUT2D eigenvalue weighted by Crippen LogP contribution is -2.41. The number of hydrogen-bond donors (Lipinski definition) is 2. The van der Waals surface area contributed by atoms with E-state index in [1.54, 1.807) is 0 Å². The molecule has 1 fully saturated rings. The number of nitrogens with one attached hydrogen (secondary N) is 1. The Kier molecular flexibility index (Phi) is 4.54. The highest BCUT2D eigenvalue weighted by Crippen LogP contribution is 2.30. The van der Waals surface area contributed by atoms with E-state index < -0.39 is 11.4 Å². The standard InChI is InChI=1S/C13H23NO3/c1-13(2,3)12(17)14-8-9-6-4-5-7-10(9)11(15)16/h9-10H,4-8H2,1-3H3,(H,14,17)(H,15,16). The van der Waals surface area contributed by atoms with Crippen molar-refractivity contribution in [1.82, 2.24) is 5.32 Å². The van der Waals surface area contributed by atoms with Crippen LogP contribution in [0.1, 0.15) is 46.5 Å². The molecule has 1 aliphatic carbocycles. The minimum Gasteiger partial charge on any atom is -0.481 e. The summed E-state index contributed by atoms with van der Waals surface area (Å²) in [5, 5.41) is 12.0. The van der Waals surface area contributed by atoms with Gasteiger partial charge in [0.1, 0.15) is 0 Å². The lowest BCUT2D eigenvalue weighted by Gasteiger charge is -2.29. The summed E-state index contributed by atoms with van der Waals surface area (Å²) in [5.74, 6) is -0.927. The molecule has 0 spiro atoms. The predicted octanol–water partition coefficient (Wildman–Crippen LogP) is 2.04. The first-order chi connectivity index (χ1) is 7.82. The summed E-state index contributed by atoms with van der Waals surface area (Å²) in [5.41, 5.74) is -0.409. The Bertz CT molecular complexity index is 294. The fraction of sp³-hybridized carbons (Fsp3) is 0.846. The predicted molar refractivity (Wildman–Crippen MR) is 65.5 cm³/mol. The van der Waals surface area contributed by atoms with E-state index in [1.165, 1.54) is 0 Å². The van der Waals surface area contributed by atoms with Crippen LogP contribution in [0.15, 0.2) is 0 Å². The van der Waals surface area contributed by atoms with E-state index >= 15 is 0 Å². The smallest absolute Gasteiger partial charge is 0.306 e. The van der Waals surface area contributed by atoms with E-state index in [0.29, 0.717) is 6.54 Å². The first-order valence-electron chi connectivity index (χ1n) is 6.33. The summed E-state index contributed by atoms with van der Waals surface area (Å²) in [4.78, 5) is 22.8. The van der Waals surface area contributed by atoms with E-state index in [1.807, 2.05) is 20.8 Å². The summed E-state index contributed by atoms with van der Waals surface area (Å²) >= 11 is 0. The first-order valence-corrected chi connectivity index (χ1v) is 6.33. The summed E-state index contributed by atoms with van der Waals surface area (Å²) < 4.78 is 0. The minimum atomic E-state index is -0.722. The van der Waals surface area contributed by atoms with Crippen molar-refractivity contribution >= 4 is 11.9 Å². The topological polar surface area (TPSA) is 66.4 Å². The van der Waals surface area contributed by atoms with Crippen LogP contribution in [0.5, 0.6) is 0 Å². The molecule has 2 N–H and O–H groups in total. The van der Waals surface area contributed by atoms with Gasteiger partial charge in [-0.25, -0.2) is 0 Å². The van der Waals surface area contributed by atoms with Gasteiger partial charge in [-0.15, -0.1) is 0 Å². The molecular formula is C13H23NO3. The Balaban J connectivity index is 2.49. The molecule has 4 heteroatoms. The molecule has 1 saturated carbocycles. The van der Waals surface area contributed by atoms with Crippen molar-refractivity contribution in [2.45, 2.75) is 46.5 Å². The van der Waals surface area contributed by atoms with Crippen LogP contribution in [0.3, 0.4) is 0 Å². The summed E-state index contributed by atoms with van der Waals surface area (Å²) in [6.45, 7) is 6.07. The molecule has 0 aliphatic heterocycles. The van der Waals surface area contributed by atoms with Crippen LogP contribution < -0.4 is 5.32 Å². The molecule has 17 heavy (non-hydrogen) atoms. The van der Waals surface area contributed by atoms with Crippen molar-refractivity contribution < 1.29 is 14.7 Å². The number of hydrogen-bond acceptors (Lipinski definition) is 2. The number of aliphatic carboxylic acids is 1. The van der Waals surface area contributed by atoms with Crippen molar-refractivity contribution in [3.05, 3.63) is 0 Å². The van der Waals surface area contributed by atoms with Crippen molar-refractivity contribution in [3.63, 3.8) is 0 Å². The van der Waals surface area contributed by atoms with E-state index in [4.69, 9.17) is 5.11 Å². The van der Waals surface area contributed by atoms with Gasteiger partial charge >= 0.3 is 5.97 Å². The average molecular weight is 241 g/mol. The minimum absolute atomic E-state index is 0.00721. The Labute approximate surface area is 103 Å². The summed E-state index contributed by atoms with van der Waals surface area (Å²) in [6, 6.07) is 0. The van der Waals surface area contributed by atoms with Gasteiger partial charge in [0.25, 0.3) is 0 Å². The normalized spacial score (nSPS) is 25.4. The van der Waals surface area contributed by atoms with Crippen LogP contribution >= 0.6 is 0 Å². The van der Waals surface area contributed by atoms with Crippen molar-refractivity contribution in [2.24, 2.45) is 17.3 Å². The quantitative estimate of drug-likeness (QED) is 0.794. The zero-order valence-corrected chi connectivity index (χ0v) is 11.0. The maximum atomic E-state index is 11.7. The van der Waals surface area contributed by atoms with Gasteiger partial charge < -0.3 is 10.4 Å². The molecule has 2 atom stereocenters. The third-order valence-electron chi connectivity index (χ3n) is 3.43. The number of carbonyl (C=O) groups excluding carboxylic acids is 1. The van der Waals surface area contributed by atoms with Gasteiger partial charge in [-0.3, -0.25) is 9.59 Å². The molecule has 1 amide bonds. The van der Waals surface area contributed by atoms with Crippen molar-refractivity contribution in [1.29, 1.82) is 0 Å². The van der Waals surface area contributed by atoms with Crippen LogP contribution in [0.4, 0.5) is 0 Å². The number of rotatable bonds is 3. The largest absolute Gasteiger partial charge is 0.481 e. The molecule has 0 aromatic carbocycles. The van der Waals surface area contributed by atoms with Crippen LogP contribution in [-0.4, -0.2) is 23.5 Å². The fourth-order valence-corrected chi connectivity index (χ4v) is 2.27. The molecule has 0 radical (unpaired) electrons. The molecule has 0 aromatic rings. The molecule has 0 saturated heterocycles. The number of carbonyl (C=O) groups is 2. The first kappa shape index (κ1) is 14.0. The van der Waals surface area contributed by atoms with E-state index in [2.05, 4.69) is 5.32 Å². The Morgan fingerprint density at radius 3 is 2.35 bits per heavy atom. The van der Waals surface area contributed by atoms with Gasteiger partial charge in [0.2, 0.25) is 5.91 Å². The maximum absolute atomic E-state index is 11.7. The molecule has 1 rings (SSSR count). The van der Waals surface area contributed by atoms with Gasteiger partial charge in [-0.05, 0) is 18.8 Å². The van der Waals surface area contributed by atoms with E-state index in [9.17, 15) is 9.59 Å². The maximum Gasteiger partial charge on any atom is 0.306 e. The highest BCUT2D eigenvalue weighted by Gasteiger charge is 2.31. The number of carboxylic acids is 1. The molecule has 4 nitrogen and oxygen atoms in total. The van der Waals surface area contributed by atoms with Crippen LogP contribution in [0, 0.1) is 17.3 Å². The van der Waals surface area contributed by atoms with E-state index in [0.717, 1.165) is 25.7 Å². The highest BCUT2D eigenvalue weighted by atomic mass is 16.4. The number of amides is 1. The highest BCUT2D eigenvalue weighted by molar-refractivity contribution is 5.81. The zero-order valence-electron chi connectivity index (χ0n) is 11.0. The van der Waals surface area contributed by atoms with E-state index in [-0.39, 0.29) is 17.7 Å². The second-order valence-electron chi connectivity index (χ2n) is 5.95. The molecule has 2 unspecified atom stereocenters. The van der Waals surface area contributed by atoms with Crippen LogP contribution in [0.25, 0.3) is 0 Å². The summed E-state index contributed by atoms with van der Waals surface area (Å²) in [7, 11) is 0. The van der Waals surface area contributed by atoms with Crippen molar-refractivity contribution in [2.75, 3.05) is 6.54 Å². The second kappa shape index (κ2) is 5.52. The SMILES string of the molecule is CC(C)(C)C(=O)NCC1CCCCC1C(=O)O. The molecule has 98 valence electrons. The summed E-state index contributed by atoms with van der Waals surface area (Å²) in [6.07, 6.45) is 3.70. The molecule has 0 bridgehead atoms. The lowest BCUT2D eigenvalue weighted by molar-refractivity contribution is -0.145. The average Bonchev–Trinajstić information content (AvgIpc) is 2.24. The Morgan fingerprint density at radius 1 is 1.24 bits per heavy atom. The van der Waals surface area contributed by atoms with Crippen LogP contribution in [0.2, 0.25) is 0 Å². The molecular weight excluding hydrogens is 218 g/mol. The van der Waals surface area contributed by atoms with Gasteiger partial charge in [0.15, 0.2) is 0 Å². The molecule has 1 aliphatic rings. The van der Waals surface area contributed by atoms with Gasteiger partial charge in [0, 0.05) is 12.0 Å². The second-order valence-corrected chi connectivity index (χ2v) is 5.95. The van der Waals surface area contributed by atoms with Gasteiger partial charge in [-0.1, -0.05) is 33.6 Å². The third kappa shape index (κ3) is 4.02. The number of carboxylic acid groups (broad SMARTS) is 1. The lowest BCUT2D eigenvalue weighted by atomic mass is 9.79. The Morgan fingerprint density at radius 2 is 1.82 bits per heavy atom. The van der Waals surface area contributed by atoms with Crippen LogP contribution in [-0.2, 0) is 9.59 Å². The molecule has 0 heterocycles. The fourth-order valence-electron chi connectivity index (χ4n) is 2.27. The van der Waals surface area contributed by atoms with Gasteiger partial charge in [0.05, 0.1) is 5.92 Å². The Hall–Kier alpha value is -1.06. The zero-order chi connectivity index (χ0) is 13.1. The third-order valence-corrected chi connectivity index (χ3v) is 3.43. The van der Waals surface area contributed by atoms with Gasteiger partial charge in [-0.2, -0.15) is 0 Å². The molecule has 0 aromatic heterocycles. The monoisotopic (exact) mass is 241 g/mol.